The summed E-state index contributed by atoms with van der Waals surface area (Å²) in [7, 11) is 0. The molecule has 2 amide bonds. The Morgan fingerprint density at radius 2 is 1.70 bits per heavy atom. The van der Waals surface area contributed by atoms with Crippen LogP contribution in [0.4, 0.5) is 4.79 Å². The number of carboxylic acid groups (broad SMARTS) is 1. The number of nitrogens with zero attached hydrogens (tertiary/aromatic N) is 1. The smallest absolute Gasteiger partial charge is 0.407 e. The number of benzene rings is 2. The van der Waals surface area contributed by atoms with Crippen molar-refractivity contribution in [2.24, 2.45) is 0 Å². The summed E-state index contributed by atoms with van der Waals surface area (Å²) in [5.74, 6) is -1.43. The van der Waals surface area contributed by atoms with Crippen LogP contribution in [-0.4, -0.2) is 52.7 Å². The van der Waals surface area contributed by atoms with Gasteiger partial charge in [0, 0.05) is 12.5 Å². The van der Waals surface area contributed by atoms with Gasteiger partial charge in [-0.25, -0.2) is 9.59 Å². The second-order valence-corrected chi connectivity index (χ2v) is 8.71. The van der Waals surface area contributed by atoms with Crippen LogP contribution >= 0.6 is 0 Å². The van der Waals surface area contributed by atoms with Crippen molar-refractivity contribution in [1.29, 1.82) is 0 Å². The predicted octanol–water partition coefficient (Wildman–Crippen LogP) is 4.16. The highest BCUT2D eigenvalue weighted by molar-refractivity contribution is 5.92. The van der Waals surface area contributed by atoms with Crippen molar-refractivity contribution in [2.45, 2.75) is 57.0 Å². The lowest BCUT2D eigenvalue weighted by atomic mass is 9.92. The van der Waals surface area contributed by atoms with Crippen molar-refractivity contribution < 1.29 is 24.2 Å². The van der Waals surface area contributed by atoms with Crippen LogP contribution in [0.15, 0.2) is 48.5 Å². The number of hydrogen-bond donors (Lipinski definition) is 2. The molecule has 174 valence electrons. The summed E-state index contributed by atoms with van der Waals surface area (Å²) in [6, 6.07) is 15.3. The second kappa shape index (κ2) is 9.25. The minimum Gasteiger partial charge on any atom is -0.479 e. The number of hydrogen-bond acceptors (Lipinski definition) is 4. The maximum Gasteiger partial charge on any atom is 0.407 e. The van der Waals surface area contributed by atoms with Gasteiger partial charge in [0.15, 0.2) is 0 Å². The SMILES string of the molecule is CCC(NC(=O)OCC1c2ccccc2-c2ccccc21)C(=O)N1CCCC1(CC)C(=O)O. The highest BCUT2D eigenvalue weighted by Gasteiger charge is 2.49. The number of amides is 2. The Balaban J connectivity index is 1.43. The van der Waals surface area contributed by atoms with Crippen molar-refractivity contribution in [3.63, 3.8) is 0 Å². The van der Waals surface area contributed by atoms with E-state index in [0.717, 1.165) is 22.3 Å². The van der Waals surface area contributed by atoms with Gasteiger partial charge in [0.1, 0.15) is 18.2 Å². The van der Waals surface area contributed by atoms with Crippen LogP contribution in [0.25, 0.3) is 11.1 Å². The van der Waals surface area contributed by atoms with Crippen LogP contribution in [0, 0.1) is 0 Å². The van der Waals surface area contributed by atoms with Crippen LogP contribution in [0.1, 0.15) is 56.6 Å². The molecule has 0 spiro atoms. The molecule has 0 bridgehead atoms. The van der Waals surface area contributed by atoms with E-state index in [9.17, 15) is 19.5 Å². The summed E-state index contributed by atoms with van der Waals surface area (Å²) in [4.78, 5) is 39.2. The molecule has 2 unspecified atom stereocenters. The molecular formula is C26H30N2O5. The molecule has 1 fully saturated rings. The van der Waals surface area contributed by atoms with E-state index in [1.807, 2.05) is 36.4 Å². The van der Waals surface area contributed by atoms with E-state index >= 15 is 0 Å². The van der Waals surface area contributed by atoms with Gasteiger partial charge in [-0.05, 0) is 47.9 Å². The third kappa shape index (κ3) is 3.96. The molecule has 7 nitrogen and oxygen atoms in total. The fourth-order valence-electron chi connectivity index (χ4n) is 5.25. The Labute approximate surface area is 193 Å². The van der Waals surface area contributed by atoms with Gasteiger partial charge >= 0.3 is 12.1 Å². The Hall–Kier alpha value is -3.35. The summed E-state index contributed by atoms with van der Waals surface area (Å²) in [6.07, 6.45) is 1.06. The summed E-state index contributed by atoms with van der Waals surface area (Å²) < 4.78 is 5.57. The lowest BCUT2D eigenvalue weighted by molar-refractivity contribution is -0.157. The number of nitrogens with one attached hydrogen (secondary N) is 1. The molecule has 2 aromatic carbocycles. The molecule has 33 heavy (non-hydrogen) atoms. The molecule has 2 atom stereocenters. The number of carbonyl (C=O) groups excluding carboxylic acids is 2. The topological polar surface area (TPSA) is 95.9 Å². The average Bonchev–Trinajstić information content (AvgIpc) is 3.41. The minimum atomic E-state index is -1.20. The number of ether oxygens (including phenoxy) is 1. The van der Waals surface area contributed by atoms with Gasteiger partial charge in [-0.15, -0.1) is 0 Å². The lowest BCUT2D eigenvalue weighted by Crippen LogP contribution is -2.58. The Morgan fingerprint density at radius 1 is 1.09 bits per heavy atom. The Morgan fingerprint density at radius 3 is 2.24 bits per heavy atom. The second-order valence-electron chi connectivity index (χ2n) is 8.71. The van der Waals surface area contributed by atoms with Gasteiger partial charge in [0.25, 0.3) is 0 Å². The lowest BCUT2D eigenvalue weighted by Gasteiger charge is -2.36. The van der Waals surface area contributed by atoms with E-state index in [1.165, 1.54) is 4.90 Å². The first-order valence-electron chi connectivity index (χ1n) is 11.6. The zero-order valence-corrected chi connectivity index (χ0v) is 19.0. The normalized spacial score (nSPS) is 20.1. The zero-order valence-electron chi connectivity index (χ0n) is 19.0. The Kier molecular flexibility index (Phi) is 6.40. The van der Waals surface area contributed by atoms with Gasteiger partial charge in [-0.1, -0.05) is 62.4 Å². The molecule has 1 aliphatic carbocycles. The maximum atomic E-state index is 13.2. The van der Waals surface area contributed by atoms with Gasteiger partial charge in [0.2, 0.25) is 5.91 Å². The first-order chi connectivity index (χ1) is 15.9. The highest BCUT2D eigenvalue weighted by atomic mass is 16.5. The van der Waals surface area contributed by atoms with E-state index < -0.39 is 23.6 Å². The number of fused-ring (bicyclic) bond motifs is 3. The molecule has 2 aromatic rings. The molecule has 7 heteroatoms. The number of rotatable bonds is 7. The third-order valence-corrected chi connectivity index (χ3v) is 7.08. The summed E-state index contributed by atoms with van der Waals surface area (Å²) in [6.45, 7) is 4.10. The number of aliphatic carboxylic acids is 1. The molecular weight excluding hydrogens is 420 g/mol. The summed E-state index contributed by atoms with van der Waals surface area (Å²) >= 11 is 0. The first kappa shape index (κ1) is 22.8. The van der Waals surface area contributed by atoms with Crippen molar-refractivity contribution in [1.82, 2.24) is 10.2 Å². The van der Waals surface area contributed by atoms with Gasteiger partial charge in [-0.2, -0.15) is 0 Å². The fraction of sp³-hybridized carbons (Fsp3) is 0.423. The molecule has 1 aliphatic heterocycles. The molecule has 0 saturated carbocycles. The average molecular weight is 451 g/mol. The number of likely N-dealkylation sites (tertiary alicyclic amines) is 1. The summed E-state index contributed by atoms with van der Waals surface area (Å²) in [5.41, 5.74) is 3.30. The van der Waals surface area contributed by atoms with Gasteiger partial charge < -0.3 is 20.1 Å². The van der Waals surface area contributed by atoms with Crippen molar-refractivity contribution in [3.8, 4) is 11.1 Å². The minimum absolute atomic E-state index is 0.0720. The molecule has 2 N–H and O–H groups in total. The molecule has 0 radical (unpaired) electrons. The van der Waals surface area contributed by atoms with Gasteiger partial charge in [0.05, 0.1) is 0 Å². The number of carboxylic acids is 1. The molecule has 0 aromatic heterocycles. The summed E-state index contributed by atoms with van der Waals surface area (Å²) in [5, 5.41) is 12.4. The number of alkyl carbamates (subject to hydrolysis) is 1. The number of carbonyl (C=O) groups is 3. The standard InChI is InChI=1S/C26H30N2O5/c1-3-22(23(29)28-15-9-14-26(28,4-2)24(30)31)27-25(32)33-16-21-19-12-7-5-10-17(19)18-11-6-8-13-20(18)21/h5-8,10-13,21-22H,3-4,9,14-16H2,1-2H3,(H,27,32)(H,30,31). The zero-order chi connectivity index (χ0) is 23.6. The molecule has 2 aliphatic rings. The van der Waals surface area contributed by atoms with Crippen LogP contribution in [-0.2, 0) is 14.3 Å². The highest BCUT2D eigenvalue weighted by Crippen LogP contribution is 2.44. The molecule has 1 heterocycles. The first-order valence-corrected chi connectivity index (χ1v) is 11.6. The van der Waals surface area contributed by atoms with Crippen molar-refractivity contribution in [3.05, 3.63) is 59.7 Å². The van der Waals surface area contributed by atoms with E-state index in [-0.39, 0.29) is 18.4 Å². The van der Waals surface area contributed by atoms with Gasteiger partial charge in [-0.3, -0.25) is 4.79 Å². The van der Waals surface area contributed by atoms with E-state index in [4.69, 9.17) is 4.74 Å². The largest absolute Gasteiger partial charge is 0.479 e. The molecule has 4 rings (SSSR count). The van der Waals surface area contributed by atoms with Crippen LogP contribution in [0.5, 0.6) is 0 Å². The maximum absolute atomic E-state index is 13.2. The third-order valence-electron chi connectivity index (χ3n) is 7.08. The molecule has 1 saturated heterocycles. The van der Waals surface area contributed by atoms with Crippen LogP contribution < -0.4 is 5.32 Å². The van der Waals surface area contributed by atoms with Crippen molar-refractivity contribution in [2.75, 3.05) is 13.2 Å². The van der Waals surface area contributed by atoms with E-state index in [2.05, 4.69) is 17.4 Å². The predicted molar refractivity (Wildman–Crippen MR) is 124 cm³/mol. The van der Waals surface area contributed by atoms with Crippen LogP contribution in [0.3, 0.4) is 0 Å². The monoisotopic (exact) mass is 450 g/mol. The Bertz CT molecular complexity index is 1020. The quantitative estimate of drug-likeness (QED) is 0.660. The van der Waals surface area contributed by atoms with Crippen LogP contribution in [0.2, 0.25) is 0 Å². The fourth-order valence-corrected chi connectivity index (χ4v) is 5.25. The van der Waals surface area contributed by atoms with E-state index in [0.29, 0.717) is 32.2 Å². The van der Waals surface area contributed by atoms with Crippen molar-refractivity contribution >= 4 is 18.0 Å². The van der Waals surface area contributed by atoms with E-state index in [1.54, 1.807) is 13.8 Å².